The van der Waals surface area contributed by atoms with Gasteiger partial charge in [0, 0.05) is 30.9 Å². The zero-order chi connectivity index (χ0) is 11.2. The van der Waals surface area contributed by atoms with Crippen molar-refractivity contribution >= 4 is 16.5 Å². The summed E-state index contributed by atoms with van der Waals surface area (Å²) in [5.41, 5.74) is 1.09. The average molecular weight is 236 g/mol. The molecule has 0 radical (unpaired) electrons. The van der Waals surface area contributed by atoms with Gasteiger partial charge in [-0.25, -0.2) is 9.97 Å². The molecule has 0 fully saturated rings. The molecule has 1 N–H and O–H groups in total. The zero-order valence-electron chi connectivity index (χ0n) is 9.39. The number of rotatable bonds is 6. The number of thiazole rings is 1. The summed E-state index contributed by atoms with van der Waals surface area (Å²) < 4.78 is 2.10. The van der Waals surface area contributed by atoms with E-state index in [-0.39, 0.29) is 0 Å². The van der Waals surface area contributed by atoms with Crippen LogP contribution in [0.1, 0.15) is 18.5 Å². The third-order valence-electron chi connectivity index (χ3n) is 2.30. The third kappa shape index (κ3) is 3.34. The highest BCUT2D eigenvalue weighted by Gasteiger charge is 1.96. The molecule has 0 aliphatic heterocycles. The van der Waals surface area contributed by atoms with Crippen molar-refractivity contribution in [2.24, 2.45) is 0 Å². The van der Waals surface area contributed by atoms with Crippen molar-refractivity contribution in [3.8, 4) is 0 Å². The smallest absolute Gasteiger partial charge is 0.182 e. The van der Waals surface area contributed by atoms with Crippen LogP contribution >= 0.6 is 11.3 Å². The largest absolute Gasteiger partial charge is 0.362 e. The van der Waals surface area contributed by atoms with E-state index in [0.29, 0.717) is 0 Å². The molecule has 2 aromatic rings. The SMILES string of the molecule is Cc1csc(NCCCCn2ccnc2)n1. The van der Waals surface area contributed by atoms with Crippen LogP contribution in [-0.2, 0) is 6.54 Å². The molecule has 2 heterocycles. The van der Waals surface area contributed by atoms with Crippen molar-refractivity contribution in [3.63, 3.8) is 0 Å². The Morgan fingerprint density at radius 2 is 2.38 bits per heavy atom. The van der Waals surface area contributed by atoms with Gasteiger partial charge in [-0.1, -0.05) is 0 Å². The summed E-state index contributed by atoms with van der Waals surface area (Å²) in [6.07, 6.45) is 7.98. The number of unbranched alkanes of at least 4 members (excludes halogenated alkanes) is 1. The number of hydrogen-bond donors (Lipinski definition) is 1. The molecule has 16 heavy (non-hydrogen) atoms. The molecular weight excluding hydrogens is 220 g/mol. The van der Waals surface area contributed by atoms with Crippen LogP contribution in [0.3, 0.4) is 0 Å². The summed E-state index contributed by atoms with van der Waals surface area (Å²) in [6, 6.07) is 0. The second kappa shape index (κ2) is 5.65. The number of aromatic nitrogens is 3. The minimum atomic E-state index is 0.988. The predicted octanol–water partition coefficient (Wildman–Crippen LogP) is 2.54. The maximum absolute atomic E-state index is 4.35. The molecule has 0 aromatic carbocycles. The van der Waals surface area contributed by atoms with Gasteiger partial charge in [-0.15, -0.1) is 11.3 Å². The van der Waals surface area contributed by atoms with Crippen LogP contribution in [0.4, 0.5) is 5.13 Å². The van der Waals surface area contributed by atoms with Crippen LogP contribution in [0.5, 0.6) is 0 Å². The third-order valence-corrected chi connectivity index (χ3v) is 3.22. The molecule has 0 atom stereocenters. The lowest BCUT2D eigenvalue weighted by molar-refractivity contribution is 0.621. The van der Waals surface area contributed by atoms with Crippen molar-refractivity contribution < 1.29 is 0 Å². The molecule has 0 saturated carbocycles. The molecule has 2 aromatic heterocycles. The Kier molecular flexibility index (Phi) is 3.93. The molecule has 0 amide bonds. The first kappa shape index (κ1) is 11.1. The highest BCUT2D eigenvalue weighted by molar-refractivity contribution is 7.13. The average Bonchev–Trinajstić information content (AvgIpc) is 2.89. The van der Waals surface area contributed by atoms with Crippen molar-refractivity contribution in [1.82, 2.24) is 14.5 Å². The van der Waals surface area contributed by atoms with Gasteiger partial charge in [0.2, 0.25) is 0 Å². The molecular formula is C11H16N4S. The Morgan fingerprint density at radius 3 is 3.06 bits per heavy atom. The summed E-state index contributed by atoms with van der Waals surface area (Å²) in [6.45, 7) is 4.04. The molecule has 86 valence electrons. The van der Waals surface area contributed by atoms with Gasteiger partial charge in [0.25, 0.3) is 0 Å². The Labute approximate surface area is 99.4 Å². The van der Waals surface area contributed by atoms with E-state index in [0.717, 1.165) is 36.8 Å². The van der Waals surface area contributed by atoms with E-state index in [1.807, 2.05) is 25.6 Å². The molecule has 5 heteroatoms. The summed E-state index contributed by atoms with van der Waals surface area (Å²) in [5, 5.41) is 6.42. The minimum absolute atomic E-state index is 0.988. The van der Waals surface area contributed by atoms with Crippen LogP contribution in [-0.4, -0.2) is 21.1 Å². The van der Waals surface area contributed by atoms with Crippen LogP contribution in [0.2, 0.25) is 0 Å². The zero-order valence-corrected chi connectivity index (χ0v) is 10.2. The lowest BCUT2D eigenvalue weighted by Crippen LogP contribution is -2.03. The molecule has 0 aliphatic carbocycles. The van der Waals surface area contributed by atoms with E-state index in [9.17, 15) is 0 Å². The second-order valence-corrected chi connectivity index (χ2v) is 4.59. The molecule has 4 nitrogen and oxygen atoms in total. The van der Waals surface area contributed by atoms with Gasteiger partial charge in [-0.2, -0.15) is 0 Å². The van der Waals surface area contributed by atoms with E-state index in [4.69, 9.17) is 0 Å². The fraction of sp³-hybridized carbons (Fsp3) is 0.455. The fourth-order valence-corrected chi connectivity index (χ4v) is 2.19. The summed E-state index contributed by atoms with van der Waals surface area (Å²) >= 11 is 1.67. The van der Waals surface area contributed by atoms with E-state index in [1.54, 1.807) is 11.3 Å². The summed E-state index contributed by atoms with van der Waals surface area (Å²) in [7, 11) is 0. The van der Waals surface area contributed by atoms with Crippen LogP contribution in [0, 0.1) is 6.92 Å². The standard InChI is InChI=1S/C11H16N4S/c1-10-8-16-11(14-10)13-4-2-3-6-15-7-5-12-9-15/h5,7-9H,2-4,6H2,1H3,(H,13,14). The Morgan fingerprint density at radius 1 is 1.44 bits per heavy atom. The monoisotopic (exact) mass is 236 g/mol. The maximum Gasteiger partial charge on any atom is 0.182 e. The molecule has 2 rings (SSSR count). The number of anilines is 1. The van der Waals surface area contributed by atoms with Gasteiger partial charge >= 0.3 is 0 Å². The lowest BCUT2D eigenvalue weighted by Gasteiger charge is -2.03. The minimum Gasteiger partial charge on any atom is -0.362 e. The van der Waals surface area contributed by atoms with Gasteiger partial charge in [-0.05, 0) is 19.8 Å². The number of nitrogens with zero attached hydrogens (tertiary/aromatic N) is 3. The van der Waals surface area contributed by atoms with Crippen molar-refractivity contribution in [2.75, 3.05) is 11.9 Å². The van der Waals surface area contributed by atoms with Gasteiger partial charge in [0.05, 0.1) is 12.0 Å². The summed E-state index contributed by atoms with van der Waals surface area (Å²) in [4.78, 5) is 8.36. The van der Waals surface area contributed by atoms with Crippen molar-refractivity contribution in [1.29, 1.82) is 0 Å². The molecule has 0 spiro atoms. The first-order chi connectivity index (χ1) is 7.84. The highest BCUT2D eigenvalue weighted by atomic mass is 32.1. The second-order valence-electron chi connectivity index (χ2n) is 3.73. The summed E-state index contributed by atoms with van der Waals surface area (Å²) in [5.74, 6) is 0. The van der Waals surface area contributed by atoms with E-state index in [2.05, 4.69) is 25.2 Å². The normalized spacial score (nSPS) is 10.6. The fourth-order valence-electron chi connectivity index (χ4n) is 1.47. The van der Waals surface area contributed by atoms with Gasteiger partial charge in [-0.3, -0.25) is 0 Å². The molecule has 0 unspecified atom stereocenters. The maximum atomic E-state index is 4.35. The first-order valence-corrected chi connectivity index (χ1v) is 6.34. The van der Waals surface area contributed by atoms with Crippen molar-refractivity contribution in [2.45, 2.75) is 26.3 Å². The van der Waals surface area contributed by atoms with E-state index < -0.39 is 0 Å². The topological polar surface area (TPSA) is 42.7 Å². The molecule has 0 aliphatic rings. The lowest BCUT2D eigenvalue weighted by atomic mass is 10.3. The molecule has 0 saturated heterocycles. The number of hydrogen-bond acceptors (Lipinski definition) is 4. The van der Waals surface area contributed by atoms with Crippen LogP contribution in [0.25, 0.3) is 0 Å². The highest BCUT2D eigenvalue weighted by Crippen LogP contribution is 2.14. The van der Waals surface area contributed by atoms with E-state index in [1.165, 1.54) is 0 Å². The van der Waals surface area contributed by atoms with Crippen molar-refractivity contribution in [3.05, 3.63) is 29.8 Å². The Hall–Kier alpha value is -1.36. The van der Waals surface area contributed by atoms with Gasteiger partial charge < -0.3 is 9.88 Å². The quantitative estimate of drug-likeness (QED) is 0.784. The van der Waals surface area contributed by atoms with Gasteiger partial charge in [0.15, 0.2) is 5.13 Å². The number of nitrogens with one attached hydrogen (secondary N) is 1. The number of imidazole rings is 1. The van der Waals surface area contributed by atoms with E-state index >= 15 is 0 Å². The van der Waals surface area contributed by atoms with Crippen LogP contribution < -0.4 is 5.32 Å². The van der Waals surface area contributed by atoms with Crippen LogP contribution in [0.15, 0.2) is 24.1 Å². The Bertz CT molecular complexity index is 407. The predicted molar refractivity (Wildman–Crippen MR) is 66.8 cm³/mol. The molecule has 0 bridgehead atoms. The first-order valence-electron chi connectivity index (χ1n) is 5.46. The number of aryl methyl sites for hydroxylation is 2. The Balaban J connectivity index is 1.59. The van der Waals surface area contributed by atoms with Gasteiger partial charge in [0.1, 0.15) is 0 Å².